The van der Waals surface area contributed by atoms with Crippen molar-refractivity contribution in [1.29, 1.82) is 0 Å². The minimum absolute atomic E-state index is 0.0493. The first-order chi connectivity index (χ1) is 12.0. The molecule has 0 spiro atoms. The number of H-pyrrole nitrogens is 1. The molecule has 3 rings (SSSR count). The van der Waals surface area contributed by atoms with Crippen LogP contribution >= 0.6 is 0 Å². The first-order valence-electron chi connectivity index (χ1n) is 7.94. The number of phenols is 1. The lowest BCUT2D eigenvalue weighted by atomic mass is 10.0. The van der Waals surface area contributed by atoms with Gasteiger partial charge in [0, 0.05) is 24.5 Å². The summed E-state index contributed by atoms with van der Waals surface area (Å²) < 4.78 is 13.5. The highest BCUT2D eigenvalue weighted by Gasteiger charge is 2.13. The van der Waals surface area contributed by atoms with Crippen molar-refractivity contribution in [3.8, 4) is 5.75 Å². The lowest BCUT2D eigenvalue weighted by molar-refractivity contribution is 0.176. The van der Waals surface area contributed by atoms with Crippen molar-refractivity contribution >= 4 is 10.9 Å². The molecule has 3 aromatic rings. The summed E-state index contributed by atoms with van der Waals surface area (Å²) in [6.45, 7) is 2.37. The number of aliphatic hydroxyl groups is 1. The Labute approximate surface area is 143 Å². The zero-order valence-electron chi connectivity index (χ0n) is 13.7. The number of benzene rings is 2. The summed E-state index contributed by atoms with van der Waals surface area (Å²) in [6.07, 6.45) is -0.843. The number of aromatic amines is 1. The van der Waals surface area contributed by atoms with E-state index in [1.54, 1.807) is 25.1 Å². The molecule has 4 N–H and O–H groups in total. The predicted octanol–water partition coefficient (Wildman–Crippen LogP) is 2.50. The normalized spacial score (nSPS) is 12.4. The van der Waals surface area contributed by atoms with Gasteiger partial charge in [0.05, 0.1) is 11.6 Å². The fourth-order valence-corrected chi connectivity index (χ4v) is 2.76. The summed E-state index contributed by atoms with van der Waals surface area (Å²) >= 11 is 0. The van der Waals surface area contributed by atoms with E-state index < -0.39 is 6.10 Å². The SMILES string of the molecule is Cc1ccc(CNC[C@H](O)c2ccc(O)c3[nH]c(=O)ccc23)cc1F. The maximum absolute atomic E-state index is 13.5. The van der Waals surface area contributed by atoms with Gasteiger partial charge in [-0.15, -0.1) is 0 Å². The second-order valence-electron chi connectivity index (χ2n) is 6.02. The molecule has 0 aliphatic carbocycles. The van der Waals surface area contributed by atoms with Crippen LogP contribution in [0.4, 0.5) is 4.39 Å². The largest absolute Gasteiger partial charge is 0.506 e. The number of aryl methyl sites for hydroxylation is 1. The van der Waals surface area contributed by atoms with E-state index in [1.807, 2.05) is 6.07 Å². The van der Waals surface area contributed by atoms with E-state index in [4.69, 9.17) is 0 Å². The van der Waals surface area contributed by atoms with Gasteiger partial charge in [0.2, 0.25) is 5.56 Å². The Kier molecular flexibility index (Phi) is 4.83. The Morgan fingerprint density at radius 3 is 2.76 bits per heavy atom. The first kappa shape index (κ1) is 17.1. The van der Waals surface area contributed by atoms with Crippen LogP contribution < -0.4 is 10.9 Å². The molecule has 0 unspecified atom stereocenters. The first-order valence-corrected chi connectivity index (χ1v) is 7.94. The number of nitrogens with one attached hydrogen (secondary N) is 2. The van der Waals surface area contributed by atoms with E-state index >= 15 is 0 Å². The summed E-state index contributed by atoms with van der Waals surface area (Å²) in [4.78, 5) is 14.0. The van der Waals surface area contributed by atoms with Gasteiger partial charge in [0.25, 0.3) is 0 Å². The minimum atomic E-state index is -0.843. The Balaban J connectivity index is 1.74. The molecule has 1 heterocycles. The van der Waals surface area contributed by atoms with Crippen molar-refractivity contribution < 1.29 is 14.6 Å². The van der Waals surface area contributed by atoms with Crippen LogP contribution in [-0.4, -0.2) is 21.7 Å². The summed E-state index contributed by atoms with van der Waals surface area (Å²) in [5.41, 5.74) is 1.94. The third-order valence-electron chi connectivity index (χ3n) is 4.17. The lowest BCUT2D eigenvalue weighted by Crippen LogP contribution is -2.21. The molecular formula is C19H19FN2O3. The van der Waals surface area contributed by atoms with E-state index in [9.17, 15) is 19.4 Å². The third-order valence-corrected chi connectivity index (χ3v) is 4.17. The molecule has 0 fully saturated rings. The van der Waals surface area contributed by atoms with E-state index in [-0.39, 0.29) is 23.7 Å². The topological polar surface area (TPSA) is 85.3 Å². The second kappa shape index (κ2) is 7.04. The van der Waals surface area contributed by atoms with Crippen molar-refractivity contribution in [2.24, 2.45) is 0 Å². The molecule has 0 amide bonds. The van der Waals surface area contributed by atoms with Crippen LogP contribution in [0, 0.1) is 12.7 Å². The average molecular weight is 342 g/mol. The van der Waals surface area contributed by atoms with Gasteiger partial charge in [-0.1, -0.05) is 18.2 Å². The molecule has 130 valence electrons. The summed E-state index contributed by atoms with van der Waals surface area (Å²) in [6, 6.07) is 11.0. The molecule has 0 aliphatic rings. The molecule has 5 nitrogen and oxygen atoms in total. The lowest BCUT2D eigenvalue weighted by Gasteiger charge is -2.15. The average Bonchev–Trinajstić information content (AvgIpc) is 2.58. The third kappa shape index (κ3) is 3.70. The molecule has 6 heteroatoms. The minimum Gasteiger partial charge on any atom is -0.506 e. The fraction of sp³-hybridized carbons (Fsp3) is 0.211. The highest BCUT2D eigenvalue weighted by molar-refractivity contribution is 5.87. The highest BCUT2D eigenvalue weighted by Crippen LogP contribution is 2.28. The van der Waals surface area contributed by atoms with Crippen molar-refractivity contribution in [3.63, 3.8) is 0 Å². The van der Waals surface area contributed by atoms with Crippen molar-refractivity contribution in [1.82, 2.24) is 10.3 Å². The van der Waals surface area contributed by atoms with Crippen molar-refractivity contribution in [2.45, 2.75) is 19.6 Å². The maximum Gasteiger partial charge on any atom is 0.248 e. The number of phenolic OH excluding ortho intramolecular Hbond substituents is 1. The number of pyridine rings is 1. The van der Waals surface area contributed by atoms with Crippen LogP contribution in [0.5, 0.6) is 5.75 Å². The summed E-state index contributed by atoms with van der Waals surface area (Å²) in [5, 5.41) is 24.0. The molecule has 0 saturated heterocycles. The number of fused-ring (bicyclic) bond motifs is 1. The number of rotatable bonds is 5. The highest BCUT2D eigenvalue weighted by atomic mass is 19.1. The van der Waals surface area contributed by atoms with Gasteiger partial charge >= 0.3 is 0 Å². The quantitative estimate of drug-likeness (QED) is 0.574. The van der Waals surface area contributed by atoms with Gasteiger partial charge in [-0.3, -0.25) is 4.79 Å². The van der Waals surface area contributed by atoms with Gasteiger partial charge in [0.15, 0.2) is 0 Å². The van der Waals surface area contributed by atoms with Crippen LogP contribution in [0.2, 0.25) is 0 Å². The van der Waals surface area contributed by atoms with Gasteiger partial charge in [-0.2, -0.15) is 0 Å². The monoisotopic (exact) mass is 342 g/mol. The van der Waals surface area contributed by atoms with Crippen LogP contribution in [0.1, 0.15) is 22.8 Å². The second-order valence-corrected chi connectivity index (χ2v) is 6.02. The van der Waals surface area contributed by atoms with Crippen molar-refractivity contribution in [2.75, 3.05) is 6.54 Å². The van der Waals surface area contributed by atoms with E-state index in [0.29, 0.717) is 28.6 Å². The molecule has 25 heavy (non-hydrogen) atoms. The molecule has 0 aliphatic heterocycles. The number of halogens is 1. The molecular weight excluding hydrogens is 323 g/mol. The Bertz CT molecular complexity index is 969. The Hall–Kier alpha value is -2.70. The van der Waals surface area contributed by atoms with Gasteiger partial charge in [0.1, 0.15) is 11.6 Å². The van der Waals surface area contributed by atoms with Crippen LogP contribution in [0.15, 0.2) is 47.3 Å². The number of aliphatic hydroxyl groups excluding tert-OH is 1. The van der Waals surface area contributed by atoms with E-state index in [1.165, 1.54) is 18.2 Å². The fourth-order valence-electron chi connectivity index (χ4n) is 2.76. The number of hydrogen-bond acceptors (Lipinski definition) is 4. The zero-order chi connectivity index (χ0) is 18.0. The summed E-state index contributed by atoms with van der Waals surface area (Å²) in [7, 11) is 0. The number of hydrogen-bond donors (Lipinski definition) is 4. The number of aromatic nitrogens is 1. The van der Waals surface area contributed by atoms with E-state index in [2.05, 4.69) is 10.3 Å². The summed E-state index contributed by atoms with van der Waals surface area (Å²) in [5.74, 6) is -0.305. The molecule has 0 radical (unpaired) electrons. The maximum atomic E-state index is 13.5. The number of aromatic hydroxyl groups is 1. The molecule has 1 aromatic heterocycles. The predicted molar refractivity (Wildman–Crippen MR) is 94.0 cm³/mol. The smallest absolute Gasteiger partial charge is 0.248 e. The van der Waals surface area contributed by atoms with Crippen LogP contribution in [0.3, 0.4) is 0 Å². The molecule has 1 atom stereocenters. The van der Waals surface area contributed by atoms with Crippen LogP contribution in [-0.2, 0) is 6.54 Å². The van der Waals surface area contributed by atoms with Gasteiger partial charge in [-0.25, -0.2) is 4.39 Å². The van der Waals surface area contributed by atoms with Gasteiger partial charge in [-0.05, 0) is 41.8 Å². The molecule has 0 saturated carbocycles. The van der Waals surface area contributed by atoms with E-state index in [0.717, 1.165) is 5.56 Å². The van der Waals surface area contributed by atoms with Crippen LogP contribution in [0.25, 0.3) is 10.9 Å². The molecule has 2 aromatic carbocycles. The Morgan fingerprint density at radius 2 is 2.00 bits per heavy atom. The van der Waals surface area contributed by atoms with Gasteiger partial charge < -0.3 is 20.5 Å². The Morgan fingerprint density at radius 1 is 1.20 bits per heavy atom. The van der Waals surface area contributed by atoms with Crippen molar-refractivity contribution in [3.05, 3.63) is 75.3 Å². The molecule has 0 bridgehead atoms. The standard InChI is InChI=1S/C19H19FN2O3/c1-11-2-3-12(8-15(11)20)9-21-10-17(24)13-4-6-16(23)19-14(13)5-7-18(25)22-19/h2-8,17,21,23-24H,9-10H2,1H3,(H,22,25)/t17-/m0/s1. The zero-order valence-corrected chi connectivity index (χ0v) is 13.7.